The lowest BCUT2D eigenvalue weighted by atomic mass is 10.1. The van der Waals surface area contributed by atoms with E-state index in [1.807, 2.05) is 6.07 Å². The number of sulfone groups is 1. The Kier molecular flexibility index (Phi) is 4.98. The van der Waals surface area contributed by atoms with E-state index in [0.29, 0.717) is 26.9 Å². The number of hydrogen-bond donors (Lipinski definition) is 1. The molecule has 0 aliphatic carbocycles. The molecule has 2 heterocycles. The third-order valence-corrected chi connectivity index (χ3v) is 8.12. The summed E-state index contributed by atoms with van der Waals surface area (Å²) in [5.41, 5.74) is 0.720. The molecule has 0 aliphatic heterocycles. The van der Waals surface area contributed by atoms with Crippen LogP contribution in [0.5, 0.6) is 5.75 Å². The van der Waals surface area contributed by atoms with E-state index < -0.39 is 20.2 Å². The number of imidazole rings is 1. The third-order valence-electron chi connectivity index (χ3n) is 4.57. The number of hydrogen-bond acceptors (Lipinski definition) is 8. The number of aryl methyl sites for hydroxylation is 1. The van der Waals surface area contributed by atoms with Crippen molar-refractivity contribution in [3.8, 4) is 23.1 Å². The van der Waals surface area contributed by atoms with Gasteiger partial charge >= 0.3 is 0 Å². The summed E-state index contributed by atoms with van der Waals surface area (Å²) in [6.45, 7) is 7.79. The SMILES string of the molecule is COc1ccc(-c2c(C)nc3sc(C(C)(C)O)nn23)cc1S(=O)(=O)C(C)(C)C#N. The average Bonchev–Trinajstić information content (AvgIpc) is 3.17. The number of fused-ring (bicyclic) bond motifs is 1. The fraction of sp³-hybridized carbons (Fsp3) is 0.421. The monoisotopic (exact) mass is 434 g/mol. The van der Waals surface area contributed by atoms with Gasteiger partial charge in [-0.15, -0.1) is 0 Å². The number of benzene rings is 1. The molecule has 29 heavy (non-hydrogen) atoms. The number of ether oxygens (including phenoxy) is 1. The Hall–Kier alpha value is -2.48. The second-order valence-corrected chi connectivity index (χ2v) is 11.1. The summed E-state index contributed by atoms with van der Waals surface area (Å²) in [7, 11) is -2.62. The smallest absolute Gasteiger partial charge is 0.213 e. The van der Waals surface area contributed by atoms with E-state index >= 15 is 0 Å². The van der Waals surface area contributed by atoms with Gasteiger partial charge in [0.15, 0.2) is 4.75 Å². The van der Waals surface area contributed by atoms with Crippen LogP contribution in [-0.4, -0.2) is 40.0 Å². The molecule has 8 nitrogen and oxygen atoms in total. The van der Waals surface area contributed by atoms with E-state index in [1.54, 1.807) is 37.4 Å². The molecular formula is C19H22N4O4S2. The van der Waals surface area contributed by atoms with Crippen molar-refractivity contribution in [2.24, 2.45) is 0 Å². The normalized spacial score (nSPS) is 12.9. The molecule has 2 aromatic heterocycles. The van der Waals surface area contributed by atoms with E-state index in [9.17, 15) is 18.8 Å². The lowest BCUT2D eigenvalue weighted by Crippen LogP contribution is -2.30. The highest BCUT2D eigenvalue weighted by Gasteiger charge is 2.38. The minimum atomic E-state index is -4.00. The second-order valence-electron chi connectivity index (χ2n) is 7.70. The first-order valence-corrected chi connectivity index (χ1v) is 11.1. The highest BCUT2D eigenvalue weighted by atomic mass is 32.2. The van der Waals surface area contributed by atoms with Crippen LogP contribution < -0.4 is 4.74 Å². The molecule has 154 valence electrons. The van der Waals surface area contributed by atoms with Gasteiger partial charge in [-0.25, -0.2) is 17.9 Å². The van der Waals surface area contributed by atoms with Crippen molar-refractivity contribution in [1.82, 2.24) is 14.6 Å². The van der Waals surface area contributed by atoms with Crippen molar-refractivity contribution in [2.75, 3.05) is 7.11 Å². The van der Waals surface area contributed by atoms with Gasteiger partial charge in [0.25, 0.3) is 0 Å². The van der Waals surface area contributed by atoms with Crippen molar-refractivity contribution in [1.29, 1.82) is 5.26 Å². The topological polar surface area (TPSA) is 118 Å². The van der Waals surface area contributed by atoms with Crippen LogP contribution in [0.3, 0.4) is 0 Å². The first kappa shape index (κ1) is 21.2. The lowest BCUT2D eigenvalue weighted by Gasteiger charge is -2.19. The summed E-state index contributed by atoms with van der Waals surface area (Å²) in [6, 6.07) is 6.60. The molecule has 1 aromatic carbocycles. The molecule has 0 saturated heterocycles. The number of methoxy groups -OCH3 is 1. The Morgan fingerprint density at radius 2 is 1.93 bits per heavy atom. The zero-order valence-electron chi connectivity index (χ0n) is 17.0. The molecule has 3 rings (SSSR count). The maximum atomic E-state index is 13.1. The van der Waals surface area contributed by atoms with Crippen molar-refractivity contribution in [2.45, 2.75) is 49.9 Å². The van der Waals surface area contributed by atoms with Crippen LogP contribution in [0.15, 0.2) is 23.1 Å². The highest BCUT2D eigenvalue weighted by Crippen LogP contribution is 2.37. The largest absolute Gasteiger partial charge is 0.495 e. The second kappa shape index (κ2) is 6.79. The number of aliphatic hydroxyl groups is 1. The Bertz CT molecular complexity index is 1240. The van der Waals surface area contributed by atoms with E-state index in [-0.39, 0.29) is 10.6 Å². The minimum Gasteiger partial charge on any atom is -0.495 e. The van der Waals surface area contributed by atoms with Gasteiger partial charge in [0, 0.05) is 5.56 Å². The van der Waals surface area contributed by atoms with Crippen molar-refractivity contribution < 1.29 is 18.3 Å². The Morgan fingerprint density at radius 1 is 1.28 bits per heavy atom. The van der Waals surface area contributed by atoms with Gasteiger partial charge in [0.05, 0.1) is 24.6 Å². The summed E-state index contributed by atoms with van der Waals surface area (Å²) >= 11 is 1.26. The van der Waals surface area contributed by atoms with Crippen LogP contribution in [-0.2, 0) is 15.4 Å². The summed E-state index contributed by atoms with van der Waals surface area (Å²) in [5.74, 6) is 0.158. The van der Waals surface area contributed by atoms with Gasteiger partial charge in [-0.05, 0) is 52.8 Å². The quantitative estimate of drug-likeness (QED) is 0.655. The summed E-state index contributed by atoms with van der Waals surface area (Å²) in [6.07, 6.45) is 0. The number of nitriles is 1. The molecule has 0 spiro atoms. The molecule has 10 heteroatoms. The fourth-order valence-electron chi connectivity index (χ4n) is 2.80. The Labute approximate surface area is 173 Å². The van der Waals surface area contributed by atoms with Gasteiger partial charge in [-0.2, -0.15) is 10.4 Å². The maximum Gasteiger partial charge on any atom is 0.213 e. The molecule has 0 saturated carbocycles. The zero-order chi connectivity index (χ0) is 21.8. The Balaban J connectivity index is 2.28. The van der Waals surface area contributed by atoms with Crippen LogP contribution in [0.4, 0.5) is 0 Å². The Morgan fingerprint density at radius 3 is 2.48 bits per heavy atom. The van der Waals surface area contributed by atoms with E-state index in [1.165, 1.54) is 38.4 Å². The molecule has 0 amide bonds. The molecule has 0 radical (unpaired) electrons. The van der Waals surface area contributed by atoms with Crippen LogP contribution in [0.1, 0.15) is 38.4 Å². The molecule has 3 aromatic rings. The van der Waals surface area contributed by atoms with Crippen LogP contribution in [0.2, 0.25) is 0 Å². The van der Waals surface area contributed by atoms with E-state index in [0.717, 1.165) is 0 Å². The molecular weight excluding hydrogens is 412 g/mol. The van der Waals surface area contributed by atoms with Gasteiger partial charge in [0.1, 0.15) is 21.3 Å². The molecule has 0 bridgehead atoms. The van der Waals surface area contributed by atoms with E-state index in [4.69, 9.17) is 4.74 Å². The molecule has 0 fully saturated rings. The molecule has 1 N–H and O–H groups in total. The standard InChI is InChI=1S/C19H22N4O4S2/c1-11-15(23-17(21-11)28-16(22-23)19(4,5)24)12-7-8-13(27-6)14(9-12)29(25,26)18(2,3)10-20/h7-9,24H,1-6H3. The predicted molar refractivity (Wildman–Crippen MR) is 110 cm³/mol. The molecule has 0 unspecified atom stereocenters. The maximum absolute atomic E-state index is 13.1. The summed E-state index contributed by atoms with van der Waals surface area (Å²) in [4.78, 5) is 5.02. The first-order chi connectivity index (χ1) is 13.3. The number of nitrogens with zero attached hydrogens (tertiary/aromatic N) is 4. The fourth-order valence-corrected chi connectivity index (χ4v) is 5.11. The average molecular weight is 435 g/mol. The van der Waals surface area contributed by atoms with Gasteiger partial charge in [-0.3, -0.25) is 0 Å². The molecule has 0 aliphatic rings. The summed E-state index contributed by atoms with van der Waals surface area (Å²) < 4.78 is 31.4. The summed E-state index contributed by atoms with van der Waals surface area (Å²) in [5, 5.41) is 24.6. The zero-order valence-corrected chi connectivity index (χ0v) is 18.6. The van der Waals surface area contributed by atoms with Crippen molar-refractivity contribution in [3.63, 3.8) is 0 Å². The molecule has 0 atom stereocenters. The van der Waals surface area contributed by atoms with Crippen LogP contribution in [0.25, 0.3) is 16.2 Å². The van der Waals surface area contributed by atoms with Crippen molar-refractivity contribution in [3.05, 3.63) is 28.9 Å². The minimum absolute atomic E-state index is 0.0728. The van der Waals surface area contributed by atoms with E-state index in [2.05, 4.69) is 10.1 Å². The van der Waals surface area contributed by atoms with Gasteiger partial charge in [-0.1, -0.05) is 11.3 Å². The predicted octanol–water partition coefficient (Wildman–Crippen LogP) is 3.08. The van der Waals surface area contributed by atoms with Gasteiger partial charge in [0.2, 0.25) is 14.8 Å². The van der Waals surface area contributed by atoms with Gasteiger partial charge < -0.3 is 9.84 Å². The van der Waals surface area contributed by atoms with Crippen molar-refractivity contribution >= 4 is 26.1 Å². The van der Waals surface area contributed by atoms with Crippen LogP contribution >= 0.6 is 11.3 Å². The number of rotatable bonds is 5. The first-order valence-electron chi connectivity index (χ1n) is 8.77. The lowest BCUT2D eigenvalue weighted by molar-refractivity contribution is 0.0773. The third kappa shape index (κ3) is 3.39. The van der Waals surface area contributed by atoms with Crippen LogP contribution in [0, 0.1) is 18.3 Å². The number of aromatic nitrogens is 3. The highest BCUT2D eigenvalue weighted by molar-refractivity contribution is 7.93.